The van der Waals surface area contributed by atoms with Crippen LogP contribution in [0.4, 0.5) is 0 Å². The van der Waals surface area contributed by atoms with Crippen molar-refractivity contribution in [3.8, 4) is 0 Å². The van der Waals surface area contributed by atoms with Crippen LogP contribution in [-0.4, -0.2) is 31.1 Å². The molecule has 0 radical (unpaired) electrons. The molecule has 0 heterocycles. The van der Waals surface area contributed by atoms with Gasteiger partial charge in [0.2, 0.25) is 0 Å². The van der Waals surface area contributed by atoms with Crippen molar-refractivity contribution in [3.05, 3.63) is 11.5 Å². The average Bonchev–Trinajstić information content (AvgIpc) is 1.85. The van der Waals surface area contributed by atoms with Crippen LogP contribution in [0.25, 0.3) is 0 Å². The van der Waals surface area contributed by atoms with E-state index in [1.165, 1.54) is 0 Å². The fourth-order valence-corrected chi connectivity index (χ4v) is 0.895. The molecule has 0 atom stereocenters. The molecular formula is C7H14N2S. The molecule has 0 amide bonds. The number of thioether (sulfide) groups is 1. The number of rotatable bonds is 4. The van der Waals surface area contributed by atoms with Gasteiger partial charge in [0, 0.05) is 19.0 Å². The zero-order chi connectivity index (χ0) is 7.98. The minimum absolute atomic E-state index is 1.01. The molecule has 0 unspecified atom stereocenters. The summed E-state index contributed by atoms with van der Waals surface area (Å²) in [5, 5.41) is 5.78. The standard InChI is InChI=1S/C7H14N2S/c1-5-10-7(2)6-8-9(3)4/h6H,2,5H2,1,3-4H3. The van der Waals surface area contributed by atoms with Crippen molar-refractivity contribution in [1.29, 1.82) is 0 Å². The zero-order valence-corrected chi connectivity index (χ0v) is 7.61. The van der Waals surface area contributed by atoms with E-state index in [9.17, 15) is 0 Å². The molecule has 0 aliphatic rings. The molecule has 0 aliphatic carbocycles. The first-order valence-corrected chi connectivity index (χ1v) is 4.18. The summed E-state index contributed by atoms with van der Waals surface area (Å²) in [6.45, 7) is 5.90. The van der Waals surface area contributed by atoms with Gasteiger partial charge in [-0.2, -0.15) is 5.10 Å². The Morgan fingerprint density at radius 1 is 1.70 bits per heavy atom. The van der Waals surface area contributed by atoms with Gasteiger partial charge in [-0.1, -0.05) is 13.5 Å². The van der Waals surface area contributed by atoms with Crippen molar-refractivity contribution < 1.29 is 0 Å². The van der Waals surface area contributed by atoms with Crippen LogP contribution in [0, 0.1) is 0 Å². The highest BCUT2D eigenvalue weighted by molar-refractivity contribution is 8.03. The van der Waals surface area contributed by atoms with Crippen LogP contribution in [-0.2, 0) is 0 Å². The Kier molecular flexibility index (Phi) is 5.12. The Balaban J connectivity index is 3.56. The zero-order valence-electron chi connectivity index (χ0n) is 6.79. The molecule has 58 valence electrons. The molecule has 0 bridgehead atoms. The molecule has 0 aromatic rings. The van der Waals surface area contributed by atoms with Gasteiger partial charge in [0.1, 0.15) is 0 Å². The lowest BCUT2D eigenvalue weighted by atomic mass is 10.7. The highest BCUT2D eigenvalue weighted by atomic mass is 32.2. The van der Waals surface area contributed by atoms with Gasteiger partial charge in [-0.05, 0) is 5.75 Å². The third-order valence-corrected chi connectivity index (χ3v) is 1.53. The maximum atomic E-state index is 4.03. The fraction of sp³-hybridized carbons (Fsp3) is 0.571. The SMILES string of the molecule is C=C(C=NN(C)C)SCC. The molecule has 0 saturated heterocycles. The fourth-order valence-electron chi connectivity index (χ4n) is 0.403. The molecule has 3 heteroatoms. The summed E-state index contributed by atoms with van der Waals surface area (Å²) in [7, 11) is 3.78. The summed E-state index contributed by atoms with van der Waals surface area (Å²) in [4.78, 5) is 1.01. The number of hydrogen-bond acceptors (Lipinski definition) is 3. The second-order valence-electron chi connectivity index (χ2n) is 1.99. The quantitative estimate of drug-likeness (QED) is 0.458. The normalized spacial score (nSPS) is 10.3. The smallest absolute Gasteiger partial charge is 0.0600 e. The first-order chi connectivity index (χ1) is 4.66. The Hall–Kier alpha value is -0.440. The predicted molar refractivity (Wildman–Crippen MR) is 49.5 cm³/mol. The first kappa shape index (κ1) is 9.56. The lowest BCUT2D eigenvalue weighted by Crippen LogP contribution is -2.01. The lowest BCUT2D eigenvalue weighted by Gasteiger charge is -2.02. The van der Waals surface area contributed by atoms with E-state index < -0.39 is 0 Å². The Labute approximate surface area is 67.0 Å². The summed E-state index contributed by atoms with van der Waals surface area (Å²) in [6.07, 6.45) is 1.77. The first-order valence-electron chi connectivity index (χ1n) is 3.19. The van der Waals surface area contributed by atoms with Crippen LogP contribution in [0.1, 0.15) is 6.92 Å². The third kappa shape index (κ3) is 5.69. The summed E-state index contributed by atoms with van der Waals surface area (Å²) in [6, 6.07) is 0. The molecule has 10 heavy (non-hydrogen) atoms. The topological polar surface area (TPSA) is 15.6 Å². The van der Waals surface area contributed by atoms with Gasteiger partial charge in [-0.3, -0.25) is 0 Å². The van der Waals surface area contributed by atoms with E-state index in [2.05, 4.69) is 18.6 Å². The minimum Gasteiger partial charge on any atom is -0.303 e. The Morgan fingerprint density at radius 2 is 2.30 bits per heavy atom. The van der Waals surface area contributed by atoms with Gasteiger partial charge < -0.3 is 5.01 Å². The molecule has 0 N–H and O–H groups in total. The van der Waals surface area contributed by atoms with Crippen LogP contribution in [0.5, 0.6) is 0 Å². The molecule has 0 aromatic carbocycles. The van der Waals surface area contributed by atoms with E-state index in [-0.39, 0.29) is 0 Å². The second-order valence-corrected chi connectivity index (χ2v) is 3.38. The maximum absolute atomic E-state index is 4.03. The van der Waals surface area contributed by atoms with Gasteiger partial charge in [-0.25, -0.2) is 0 Å². The monoisotopic (exact) mass is 158 g/mol. The minimum atomic E-state index is 1.01. The van der Waals surface area contributed by atoms with Crippen LogP contribution < -0.4 is 0 Å². The summed E-state index contributed by atoms with van der Waals surface area (Å²) < 4.78 is 0. The molecule has 2 nitrogen and oxygen atoms in total. The second kappa shape index (κ2) is 5.35. The highest BCUT2D eigenvalue weighted by Gasteiger charge is 1.85. The molecule has 0 rings (SSSR count). The summed E-state index contributed by atoms with van der Waals surface area (Å²) in [5.74, 6) is 1.05. The van der Waals surface area contributed by atoms with Gasteiger partial charge in [0.15, 0.2) is 0 Å². The Morgan fingerprint density at radius 3 is 2.70 bits per heavy atom. The Bertz CT molecular complexity index is 130. The van der Waals surface area contributed by atoms with Crippen LogP contribution in [0.3, 0.4) is 0 Å². The van der Waals surface area contributed by atoms with E-state index in [1.54, 1.807) is 23.0 Å². The number of hydrogen-bond donors (Lipinski definition) is 0. The molecule has 0 aliphatic heterocycles. The number of hydrazone groups is 1. The van der Waals surface area contributed by atoms with E-state index in [1.807, 2.05) is 14.1 Å². The van der Waals surface area contributed by atoms with Crippen molar-refractivity contribution in [1.82, 2.24) is 5.01 Å². The number of allylic oxidation sites excluding steroid dienone is 1. The van der Waals surface area contributed by atoms with Crippen LogP contribution in [0.15, 0.2) is 16.6 Å². The van der Waals surface area contributed by atoms with E-state index >= 15 is 0 Å². The van der Waals surface area contributed by atoms with Crippen molar-refractivity contribution in [2.24, 2.45) is 5.10 Å². The number of nitrogens with zero attached hydrogens (tertiary/aromatic N) is 2. The molecule has 0 aromatic heterocycles. The van der Waals surface area contributed by atoms with Gasteiger partial charge in [-0.15, -0.1) is 11.8 Å². The summed E-state index contributed by atoms with van der Waals surface area (Å²) >= 11 is 1.70. The van der Waals surface area contributed by atoms with Crippen molar-refractivity contribution in [2.45, 2.75) is 6.92 Å². The third-order valence-electron chi connectivity index (χ3n) is 0.762. The van der Waals surface area contributed by atoms with E-state index in [0.717, 1.165) is 10.7 Å². The molecule has 0 fully saturated rings. The largest absolute Gasteiger partial charge is 0.303 e. The summed E-state index contributed by atoms with van der Waals surface area (Å²) in [5.41, 5.74) is 0. The van der Waals surface area contributed by atoms with Crippen LogP contribution >= 0.6 is 11.8 Å². The molecule has 0 spiro atoms. The maximum Gasteiger partial charge on any atom is 0.0600 e. The van der Waals surface area contributed by atoms with Gasteiger partial charge in [0.05, 0.1) is 6.21 Å². The van der Waals surface area contributed by atoms with E-state index in [0.29, 0.717) is 0 Å². The van der Waals surface area contributed by atoms with E-state index in [4.69, 9.17) is 0 Å². The average molecular weight is 158 g/mol. The van der Waals surface area contributed by atoms with Crippen molar-refractivity contribution in [2.75, 3.05) is 19.8 Å². The van der Waals surface area contributed by atoms with Crippen molar-refractivity contribution in [3.63, 3.8) is 0 Å². The predicted octanol–water partition coefficient (Wildman–Crippen LogP) is 1.80. The van der Waals surface area contributed by atoms with Gasteiger partial charge >= 0.3 is 0 Å². The van der Waals surface area contributed by atoms with Gasteiger partial charge in [0.25, 0.3) is 0 Å². The van der Waals surface area contributed by atoms with Crippen LogP contribution in [0.2, 0.25) is 0 Å². The molecular weight excluding hydrogens is 144 g/mol. The highest BCUT2D eigenvalue weighted by Crippen LogP contribution is 2.08. The van der Waals surface area contributed by atoms with Crippen molar-refractivity contribution >= 4 is 18.0 Å². The lowest BCUT2D eigenvalue weighted by molar-refractivity contribution is 0.440. The molecule has 0 saturated carbocycles.